The molecule has 2 heterocycles. The Kier molecular flexibility index (Phi) is 5.33. The Morgan fingerprint density at radius 2 is 1.86 bits per heavy atom. The Bertz CT molecular complexity index is 548. The Hall–Kier alpha value is -0.870. The number of aromatic nitrogens is 3. The number of hydrogen-bond donors (Lipinski definition) is 5. The van der Waals surface area contributed by atoms with Crippen molar-refractivity contribution in [3.63, 3.8) is 0 Å². The Balaban J connectivity index is 2.04. The van der Waals surface area contributed by atoms with Gasteiger partial charge in [-0.1, -0.05) is 5.21 Å². The highest BCUT2D eigenvalue weighted by Gasteiger charge is 2.44. The highest BCUT2D eigenvalue weighted by atomic mass is 31.2. The summed E-state index contributed by atoms with van der Waals surface area (Å²) in [7, 11) is -2.56. The monoisotopic (exact) mass is 337 g/mol. The zero-order valence-electron chi connectivity index (χ0n) is 11.9. The molecule has 1 fully saturated rings. The summed E-state index contributed by atoms with van der Waals surface area (Å²) in [4.78, 5) is 17.8. The molecular formula is C11H20N3O7P. The molecule has 1 saturated heterocycles. The zero-order valence-corrected chi connectivity index (χ0v) is 12.8. The van der Waals surface area contributed by atoms with Crippen LogP contribution in [0.3, 0.4) is 0 Å². The first-order valence-electron chi connectivity index (χ1n) is 6.77. The fourth-order valence-corrected chi connectivity index (χ4v) is 3.02. The second-order valence-electron chi connectivity index (χ2n) is 5.45. The highest BCUT2D eigenvalue weighted by Crippen LogP contribution is 2.37. The SMILES string of the molecule is Cn1cc(C[C@H]2O[C@H](CCP(=O)(O)O)[C@@H](O)[C@H](O)[C@@H]2O)nn1. The van der Waals surface area contributed by atoms with Crippen molar-refractivity contribution in [3.05, 3.63) is 11.9 Å². The Labute approximate surface area is 126 Å². The van der Waals surface area contributed by atoms with Crippen LogP contribution in [0.5, 0.6) is 0 Å². The molecule has 2 rings (SSSR count). The summed E-state index contributed by atoms with van der Waals surface area (Å²) in [5.41, 5.74) is 0.531. The van der Waals surface area contributed by atoms with Crippen molar-refractivity contribution in [2.24, 2.45) is 7.05 Å². The maximum Gasteiger partial charge on any atom is 0.325 e. The number of hydrogen-bond acceptors (Lipinski definition) is 7. The molecular weight excluding hydrogens is 317 g/mol. The van der Waals surface area contributed by atoms with Crippen LogP contribution in [-0.4, -0.2) is 76.8 Å². The van der Waals surface area contributed by atoms with Gasteiger partial charge in [0.1, 0.15) is 18.3 Å². The summed E-state index contributed by atoms with van der Waals surface area (Å²) >= 11 is 0. The van der Waals surface area contributed by atoms with E-state index in [9.17, 15) is 19.9 Å². The third kappa shape index (κ3) is 4.32. The molecule has 0 radical (unpaired) electrons. The lowest BCUT2D eigenvalue weighted by Crippen LogP contribution is -2.58. The van der Waals surface area contributed by atoms with E-state index < -0.39 is 44.3 Å². The van der Waals surface area contributed by atoms with Crippen LogP contribution in [0.1, 0.15) is 12.1 Å². The van der Waals surface area contributed by atoms with Gasteiger partial charge in [-0.15, -0.1) is 5.10 Å². The van der Waals surface area contributed by atoms with Gasteiger partial charge in [0.15, 0.2) is 0 Å². The van der Waals surface area contributed by atoms with Gasteiger partial charge in [-0.25, -0.2) is 0 Å². The average molecular weight is 337 g/mol. The first-order valence-corrected chi connectivity index (χ1v) is 8.56. The van der Waals surface area contributed by atoms with Crippen LogP contribution in [0.15, 0.2) is 6.20 Å². The summed E-state index contributed by atoms with van der Waals surface area (Å²) in [5, 5.41) is 37.3. The second-order valence-corrected chi connectivity index (χ2v) is 7.23. The summed E-state index contributed by atoms with van der Waals surface area (Å²) in [5.74, 6) is 0. The largest absolute Gasteiger partial charge is 0.388 e. The van der Waals surface area contributed by atoms with Crippen LogP contribution in [-0.2, 0) is 22.8 Å². The molecule has 11 heteroatoms. The predicted molar refractivity (Wildman–Crippen MR) is 72.9 cm³/mol. The van der Waals surface area contributed by atoms with E-state index >= 15 is 0 Å². The third-order valence-corrected chi connectivity index (χ3v) is 4.42. The van der Waals surface area contributed by atoms with E-state index in [1.165, 1.54) is 4.68 Å². The van der Waals surface area contributed by atoms with Gasteiger partial charge in [0.25, 0.3) is 0 Å². The molecule has 0 aliphatic carbocycles. The van der Waals surface area contributed by atoms with Crippen LogP contribution < -0.4 is 0 Å². The van der Waals surface area contributed by atoms with Crippen LogP contribution in [0.4, 0.5) is 0 Å². The minimum Gasteiger partial charge on any atom is -0.388 e. The number of aliphatic hydroxyl groups excluding tert-OH is 3. The minimum atomic E-state index is -4.24. The van der Waals surface area contributed by atoms with E-state index in [0.29, 0.717) is 5.69 Å². The molecule has 126 valence electrons. The van der Waals surface area contributed by atoms with Crippen molar-refractivity contribution in [2.75, 3.05) is 6.16 Å². The van der Waals surface area contributed by atoms with Crippen molar-refractivity contribution in [1.82, 2.24) is 15.0 Å². The van der Waals surface area contributed by atoms with Crippen LogP contribution >= 0.6 is 7.60 Å². The van der Waals surface area contributed by atoms with Crippen molar-refractivity contribution in [2.45, 2.75) is 43.4 Å². The number of nitrogens with zero attached hydrogens (tertiary/aromatic N) is 3. The first-order chi connectivity index (χ1) is 10.2. The molecule has 0 saturated carbocycles. The van der Waals surface area contributed by atoms with Crippen molar-refractivity contribution in [3.8, 4) is 0 Å². The van der Waals surface area contributed by atoms with Crippen LogP contribution in [0.2, 0.25) is 0 Å². The fourth-order valence-electron chi connectivity index (χ4n) is 2.43. The van der Waals surface area contributed by atoms with Gasteiger partial charge < -0.3 is 29.8 Å². The van der Waals surface area contributed by atoms with Gasteiger partial charge in [0.2, 0.25) is 0 Å². The maximum absolute atomic E-state index is 10.9. The second kappa shape index (κ2) is 6.71. The molecule has 1 aliphatic rings. The summed E-state index contributed by atoms with van der Waals surface area (Å²) in [6, 6.07) is 0. The van der Waals surface area contributed by atoms with Crippen LogP contribution in [0.25, 0.3) is 0 Å². The molecule has 0 aromatic carbocycles. The van der Waals surface area contributed by atoms with Gasteiger partial charge in [-0.05, 0) is 6.42 Å². The zero-order chi connectivity index (χ0) is 16.5. The number of ether oxygens (including phenoxy) is 1. The molecule has 1 aromatic heterocycles. The topological polar surface area (TPSA) is 158 Å². The average Bonchev–Trinajstić information content (AvgIpc) is 2.82. The van der Waals surface area contributed by atoms with Crippen molar-refractivity contribution < 1.29 is 34.4 Å². The predicted octanol–water partition coefficient (Wildman–Crippen LogP) is -2.22. The van der Waals surface area contributed by atoms with E-state index in [1.54, 1.807) is 13.2 Å². The highest BCUT2D eigenvalue weighted by molar-refractivity contribution is 7.51. The molecule has 22 heavy (non-hydrogen) atoms. The number of rotatable bonds is 5. The smallest absolute Gasteiger partial charge is 0.325 e. The summed E-state index contributed by atoms with van der Waals surface area (Å²) < 4.78 is 17.9. The number of aliphatic hydroxyl groups is 3. The molecule has 0 unspecified atom stereocenters. The molecule has 10 nitrogen and oxygen atoms in total. The van der Waals surface area contributed by atoms with Gasteiger partial charge >= 0.3 is 7.60 Å². The van der Waals surface area contributed by atoms with Gasteiger partial charge in [-0.2, -0.15) is 0 Å². The number of aryl methyl sites for hydroxylation is 1. The molecule has 0 amide bonds. The van der Waals surface area contributed by atoms with Gasteiger partial charge in [0, 0.05) is 19.7 Å². The first kappa shape index (κ1) is 17.5. The molecule has 0 bridgehead atoms. The normalized spacial score (nSPS) is 33.1. The lowest BCUT2D eigenvalue weighted by molar-refractivity contribution is -0.221. The molecule has 1 aromatic rings. The lowest BCUT2D eigenvalue weighted by atomic mass is 9.92. The van der Waals surface area contributed by atoms with Gasteiger partial charge in [-0.3, -0.25) is 9.25 Å². The minimum absolute atomic E-state index is 0.133. The standard InChI is InChI=1S/C11H20N3O7P/c1-14-5-6(12-13-14)4-8-10(16)11(17)9(15)7(21-8)2-3-22(18,19)20/h5,7-11,15-17H,2-4H2,1H3,(H2,18,19,20)/t7-,8-,9-,10-,11+/m1/s1. The summed E-state index contributed by atoms with van der Waals surface area (Å²) in [6.07, 6.45) is -4.87. The third-order valence-electron chi connectivity index (χ3n) is 3.58. The molecule has 5 atom stereocenters. The quantitative estimate of drug-likeness (QED) is 0.375. The molecule has 0 spiro atoms. The van der Waals surface area contributed by atoms with E-state index in [2.05, 4.69) is 10.3 Å². The van der Waals surface area contributed by atoms with Crippen molar-refractivity contribution in [1.29, 1.82) is 0 Å². The van der Waals surface area contributed by atoms with E-state index in [4.69, 9.17) is 14.5 Å². The van der Waals surface area contributed by atoms with E-state index in [-0.39, 0.29) is 12.8 Å². The lowest BCUT2D eigenvalue weighted by Gasteiger charge is -2.40. The van der Waals surface area contributed by atoms with Gasteiger partial charge in [0.05, 0.1) is 24.1 Å². The maximum atomic E-state index is 10.9. The Morgan fingerprint density at radius 1 is 1.23 bits per heavy atom. The molecule has 5 N–H and O–H groups in total. The van der Waals surface area contributed by atoms with E-state index in [0.717, 1.165) is 0 Å². The van der Waals surface area contributed by atoms with E-state index in [1.807, 2.05) is 0 Å². The Morgan fingerprint density at radius 3 is 2.41 bits per heavy atom. The molecule has 1 aliphatic heterocycles. The van der Waals surface area contributed by atoms with Crippen molar-refractivity contribution >= 4 is 7.60 Å². The fraction of sp³-hybridized carbons (Fsp3) is 0.818. The van der Waals surface area contributed by atoms with Crippen LogP contribution in [0, 0.1) is 0 Å². The summed E-state index contributed by atoms with van der Waals surface area (Å²) in [6.45, 7) is 0.